The fourth-order valence-corrected chi connectivity index (χ4v) is 1.53. The first-order valence-corrected chi connectivity index (χ1v) is 4.91. The second kappa shape index (κ2) is 3.41. The fourth-order valence-electron chi connectivity index (χ4n) is 1.53. The van der Waals surface area contributed by atoms with E-state index in [0.29, 0.717) is 22.8 Å². The fraction of sp³-hybridized carbons (Fsp3) is 0. The van der Waals surface area contributed by atoms with E-state index in [0.717, 1.165) is 5.39 Å². The van der Waals surface area contributed by atoms with Crippen LogP contribution in [0.1, 0.15) is 0 Å². The molecule has 0 aliphatic carbocycles. The van der Waals surface area contributed by atoms with Gasteiger partial charge in [0.2, 0.25) is 0 Å². The van der Waals surface area contributed by atoms with Gasteiger partial charge < -0.3 is 11.5 Å². The smallest absolute Gasteiger partial charge is 0.167 e. The summed E-state index contributed by atoms with van der Waals surface area (Å²) in [4.78, 5) is 12.2. The van der Waals surface area contributed by atoms with Gasteiger partial charge in [0, 0.05) is 12.3 Å². The Morgan fingerprint density at radius 3 is 2.71 bits per heavy atom. The number of anilines is 2. The van der Waals surface area contributed by atoms with Crippen LogP contribution in [-0.2, 0) is 0 Å². The third-order valence-corrected chi connectivity index (χ3v) is 2.40. The van der Waals surface area contributed by atoms with Crippen LogP contribution in [0.25, 0.3) is 16.9 Å². The number of hydrogen-bond donors (Lipinski definition) is 2. The SMILES string of the molecule is Nc1cnc(-n2ncc3cncnc32)cc1N. The highest BCUT2D eigenvalue weighted by molar-refractivity contribution is 5.75. The monoisotopic (exact) mass is 227 g/mol. The van der Waals surface area contributed by atoms with E-state index < -0.39 is 0 Å². The molecule has 0 radical (unpaired) electrons. The quantitative estimate of drug-likeness (QED) is 0.621. The molecular formula is C10H9N7. The van der Waals surface area contributed by atoms with Crippen LogP contribution in [0.3, 0.4) is 0 Å². The Bertz CT molecular complexity index is 688. The van der Waals surface area contributed by atoms with Crippen LogP contribution < -0.4 is 11.5 Å². The maximum Gasteiger partial charge on any atom is 0.167 e. The van der Waals surface area contributed by atoms with Crippen molar-refractivity contribution in [3.8, 4) is 5.82 Å². The van der Waals surface area contributed by atoms with Gasteiger partial charge in [0.05, 0.1) is 29.2 Å². The number of nitrogen functional groups attached to an aromatic ring is 2. The van der Waals surface area contributed by atoms with Crippen molar-refractivity contribution in [2.24, 2.45) is 0 Å². The molecule has 0 aromatic carbocycles. The third-order valence-electron chi connectivity index (χ3n) is 2.40. The molecule has 0 saturated carbocycles. The molecule has 3 aromatic heterocycles. The van der Waals surface area contributed by atoms with Crippen molar-refractivity contribution < 1.29 is 0 Å². The minimum atomic E-state index is 0.444. The van der Waals surface area contributed by atoms with Gasteiger partial charge in [-0.25, -0.2) is 15.0 Å². The molecule has 0 fully saturated rings. The van der Waals surface area contributed by atoms with E-state index in [-0.39, 0.29) is 0 Å². The lowest BCUT2D eigenvalue weighted by atomic mass is 10.3. The zero-order valence-electron chi connectivity index (χ0n) is 8.78. The lowest BCUT2D eigenvalue weighted by Crippen LogP contribution is -2.03. The molecule has 0 saturated heterocycles. The standard InChI is InChI=1S/C10H9N7/c11-7-1-9(14-4-8(7)12)17-10-6(3-16-17)2-13-5-15-10/h1-5H,12H2,(H2,11,14). The van der Waals surface area contributed by atoms with Gasteiger partial charge in [-0.1, -0.05) is 0 Å². The van der Waals surface area contributed by atoms with Gasteiger partial charge in [-0.05, 0) is 0 Å². The Kier molecular flexibility index (Phi) is 1.91. The summed E-state index contributed by atoms with van der Waals surface area (Å²) in [6, 6.07) is 1.66. The van der Waals surface area contributed by atoms with Crippen LogP contribution in [-0.4, -0.2) is 24.7 Å². The van der Waals surface area contributed by atoms with Crippen LogP contribution in [0, 0.1) is 0 Å². The van der Waals surface area contributed by atoms with Crippen molar-refractivity contribution in [3.05, 3.63) is 31.0 Å². The Labute approximate surface area is 96.1 Å². The van der Waals surface area contributed by atoms with Crippen molar-refractivity contribution >= 4 is 22.4 Å². The predicted octanol–water partition coefficient (Wildman–Crippen LogP) is 0.375. The Morgan fingerprint density at radius 2 is 1.88 bits per heavy atom. The molecule has 4 N–H and O–H groups in total. The number of rotatable bonds is 1. The second-order valence-electron chi connectivity index (χ2n) is 3.53. The number of nitrogens with two attached hydrogens (primary N) is 2. The van der Waals surface area contributed by atoms with Gasteiger partial charge in [-0.15, -0.1) is 0 Å². The number of hydrogen-bond acceptors (Lipinski definition) is 6. The average Bonchev–Trinajstić information content (AvgIpc) is 2.76. The lowest BCUT2D eigenvalue weighted by molar-refractivity contribution is 0.862. The van der Waals surface area contributed by atoms with E-state index in [1.807, 2.05) is 0 Å². The summed E-state index contributed by atoms with van der Waals surface area (Å²) in [5, 5.41) is 5.03. The lowest BCUT2D eigenvalue weighted by Gasteiger charge is -2.04. The summed E-state index contributed by atoms with van der Waals surface area (Å²) < 4.78 is 1.59. The van der Waals surface area contributed by atoms with Crippen molar-refractivity contribution in [3.63, 3.8) is 0 Å². The number of nitrogens with zero attached hydrogens (tertiary/aromatic N) is 5. The van der Waals surface area contributed by atoms with Gasteiger partial charge in [0.25, 0.3) is 0 Å². The van der Waals surface area contributed by atoms with Gasteiger partial charge in [0.1, 0.15) is 6.33 Å². The molecule has 7 nitrogen and oxygen atoms in total. The minimum Gasteiger partial charge on any atom is -0.397 e. The molecule has 0 atom stereocenters. The summed E-state index contributed by atoms with van der Waals surface area (Å²) in [5.41, 5.74) is 12.9. The van der Waals surface area contributed by atoms with Crippen molar-refractivity contribution in [1.29, 1.82) is 0 Å². The normalized spacial score (nSPS) is 10.8. The first kappa shape index (κ1) is 9.52. The minimum absolute atomic E-state index is 0.444. The molecule has 0 amide bonds. The van der Waals surface area contributed by atoms with Crippen LogP contribution in [0.15, 0.2) is 31.0 Å². The molecule has 0 bridgehead atoms. The predicted molar refractivity (Wildman–Crippen MR) is 63.3 cm³/mol. The Balaban J connectivity index is 2.24. The zero-order valence-corrected chi connectivity index (χ0v) is 8.78. The summed E-state index contributed by atoms with van der Waals surface area (Å²) in [6.45, 7) is 0. The number of fused-ring (bicyclic) bond motifs is 1. The molecule has 3 rings (SSSR count). The summed E-state index contributed by atoms with van der Waals surface area (Å²) in [7, 11) is 0. The van der Waals surface area contributed by atoms with Gasteiger partial charge >= 0.3 is 0 Å². The summed E-state index contributed by atoms with van der Waals surface area (Å²) in [5.74, 6) is 0.574. The van der Waals surface area contributed by atoms with Gasteiger partial charge in [-0.2, -0.15) is 9.78 Å². The first-order chi connectivity index (χ1) is 8.25. The molecule has 0 unspecified atom stereocenters. The van der Waals surface area contributed by atoms with Crippen molar-refractivity contribution in [2.45, 2.75) is 0 Å². The molecule has 3 aromatic rings. The Hall–Kier alpha value is -2.70. The van der Waals surface area contributed by atoms with E-state index in [1.54, 1.807) is 23.1 Å². The molecule has 3 heterocycles. The van der Waals surface area contributed by atoms with Gasteiger partial charge in [0.15, 0.2) is 11.5 Å². The number of aromatic nitrogens is 5. The average molecular weight is 227 g/mol. The van der Waals surface area contributed by atoms with Crippen LogP contribution in [0.4, 0.5) is 11.4 Å². The summed E-state index contributed by atoms with van der Waals surface area (Å²) >= 11 is 0. The highest BCUT2D eigenvalue weighted by Gasteiger charge is 2.08. The van der Waals surface area contributed by atoms with Crippen LogP contribution in [0.2, 0.25) is 0 Å². The molecule has 7 heteroatoms. The highest BCUT2D eigenvalue weighted by Crippen LogP contribution is 2.18. The first-order valence-electron chi connectivity index (χ1n) is 4.91. The topological polar surface area (TPSA) is 109 Å². The number of pyridine rings is 1. The van der Waals surface area contributed by atoms with Crippen molar-refractivity contribution in [1.82, 2.24) is 24.7 Å². The van der Waals surface area contributed by atoms with E-state index in [2.05, 4.69) is 20.1 Å². The maximum absolute atomic E-state index is 5.73. The van der Waals surface area contributed by atoms with E-state index in [9.17, 15) is 0 Å². The van der Waals surface area contributed by atoms with E-state index in [4.69, 9.17) is 11.5 Å². The molecule has 0 aliphatic heterocycles. The van der Waals surface area contributed by atoms with Crippen LogP contribution >= 0.6 is 0 Å². The summed E-state index contributed by atoms with van der Waals surface area (Å²) in [6.07, 6.45) is 6.32. The van der Waals surface area contributed by atoms with Crippen molar-refractivity contribution in [2.75, 3.05) is 11.5 Å². The van der Waals surface area contributed by atoms with Crippen LogP contribution in [0.5, 0.6) is 0 Å². The second-order valence-corrected chi connectivity index (χ2v) is 3.53. The highest BCUT2D eigenvalue weighted by atomic mass is 15.3. The maximum atomic E-state index is 5.73. The third kappa shape index (κ3) is 1.44. The molecule has 0 aliphatic rings. The van der Waals surface area contributed by atoms with Gasteiger partial charge in [-0.3, -0.25) is 0 Å². The van der Waals surface area contributed by atoms with E-state index in [1.165, 1.54) is 12.5 Å². The molecule has 17 heavy (non-hydrogen) atoms. The zero-order chi connectivity index (χ0) is 11.8. The van der Waals surface area contributed by atoms with E-state index >= 15 is 0 Å². The Morgan fingerprint density at radius 1 is 1.00 bits per heavy atom. The largest absolute Gasteiger partial charge is 0.397 e. The molecule has 84 valence electrons. The molecule has 0 spiro atoms. The molecular weight excluding hydrogens is 218 g/mol.